The van der Waals surface area contributed by atoms with Crippen LogP contribution in [-0.4, -0.2) is 56.1 Å². The van der Waals surface area contributed by atoms with Crippen molar-refractivity contribution in [3.8, 4) is 5.75 Å². The molecular formula is C21H36IN5O2. The van der Waals surface area contributed by atoms with Crippen molar-refractivity contribution in [1.29, 1.82) is 0 Å². The number of amides is 1. The lowest BCUT2D eigenvalue weighted by atomic mass is 10.2. The molecule has 1 saturated heterocycles. The summed E-state index contributed by atoms with van der Waals surface area (Å²) in [6.45, 7) is 7.83. The van der Waals surface area contributed by atoms with Gasteiger partial charge in [0.15, 0.2) is 12.6 Å². The fourth-order valence-electron chi connectivity index (χ4n) is 3.27. The Morgan fingerprint density at radius 2 is 1.97 bits per heavy atom. The van der Waals surface area contributed by atoms with Gasteiger partial charge in [-0.3, -0.25) is 4.79 Å². The van der Waals surface area contributed by atoms with E-state index in [2.05, 4.69) is 27.4 Å². The van der Waals surface area contributed by atoms with Crippen molar-refractivity contribution in [3.63, 3.8) is 0 Å². The van der Waals surface area contributed by atoms with E-state index in [1.807, 2.05) is 24.3 Å². The Bertz CT molecular complexity index is 619. The molecule has 0 radical (unpaired) electrons. The summed E-state index contributed by atoms with van der Waals surface area (Å²) < 4.78 is 5.35. The maximum atomic E-state index is 10.8. The second-order valence-corrected chi connectivity index (χ2v) is 7.13. The van der Waals surface area contributed by atoms with Crippen LogP contribution in [0.1, 0.15) is 44.6 Å². The van der Waals surface area contributed by atoms with Crippen LogP contribution in [0, 0.1) is 0 Å². The number of benzene rings is 1. The highest BCUT2D eigenvalue weighted by molar-refractivity contribution is 14.0. The second kappa shape index (κ2) is 15.3. The van der Waals surface area contributed by atoms with Crippen LogP contribution in [0.15, 0.2) is 29.3 Å². The minimum absolute atomic E-state index is 0. The van der Waals surface area contributed by atoms with Gasteiger partial charge in [-0.25, -0.2) is 4.99 Å². The summed E-state index contributed by atoms with van der Waals surface area (Å²) in [6, 6.07) is 7.57. The third-order valence-corrected chi connectivity index (χ3v) is 4.69. The Kier molecular flexibility index (Phi) is 13.5. The molecule has 8 heteroatoms. The number of primary amides is 1. The molecule has 1 aliphatic heterocycles. The first kappa shape index (κ1) is 25.5. The normalized spacial score (nSPS) is 15.1. The van der Waals surface area contributed by atoms with Crippen LogP contribution in [0.4, 0.5) is 0 Å². The third-order valence-electron chi connectivity index (χ3n) is 4.69. The van der Waals surface area contributed by atoms with Crippen molar-refractivity contribution in [2.75, 3.05) is 39.3 Å². The lowest BCUT2D eigenvalue weighted by Gasteiger charge is -2.20. The molecule has 0 unspecified atom stereocenters. The standard InChI is InChI=1S/C21H35N5O2.HI/c1-2-23-21(24-11-8-14-26-12-5-3-4-6-13-26)25-16-18-9-7-10-19(15-18)28-17-20(22)27;/h7,9-10,15H,2-6,8,11-14,16-17H2,1H3,(H2,22,27)(H2,23,24,25);1H. The van der Waals surface area contributed by atoms with Gasteiger partial charge in [-0.05, 0) is 63.5 Å². The van der Waals surface area contributed by atoms with Crippen molar-refractivity contribution in [2.45, 2.75) is 45.6 Å². The van der Waals surface area contributed by atoms with Crippen molar-refractivity contribution in [3.05, 3.63) is 29.8 Å². The number of aliphatic imine (C=N–C) groups is 1. The third kappa shape index (κ3) is 11.3. The fraction of sp³-hybridized carbons (Fsp3) is 0.619. The molecule has 164 valence electrons. The number of likely N-dealkylation sites (tertiary alicyclic amines) is 1. The van der Waals surface area contributed by atoms with Crippen molar-refractivity contribution >= 4 is 35.8 Å². The van der Waals surface area contributed by atoms with Gasteiger partial charge in [0.05, 0.1) is 6.54 Å². The molecule has 1 fully saturated rings. The highest BCUT2D eigenvalue weighted by atomic mass is 127. The number of nitrogens with zero attached hydrogens (tertiary/aromatic N) is 2. The average molecular weight is 517 g/mol. The first-order valence-electron chi connectivity index (χ1n) is 10.4. The molecule has 1 aliphatic rings. The maximum Gasteiger partial charge on any atom is 0.255 e. The van der Waals surface area contributed by atoms with E-state index >= 15 is 0 Å². The number of nitrogens with two attached hydrogens (primary N) is 1. The Hall–Kier alpha value is -1.55. The summed E-state index contributed by atoms with van der Waals surface area (Å²) >= 11 is 0. The van der Waals surface area contributed by atoms with E-state index < -0.39 is 5.91 Å². The molecule has 0 bridgehead atoms. The number of hydrogen-bond donors (Lipinski definition) is 3. The number of carbonyl (C=O) groups is 1. The first-order chi connectivity index (χ1) is 13.7. The average Bonchev–Trinajstić information content (AvgIpc) is 2.97. The van der Waals surface area contributed by atoms with Crippen LogP contribution in [0.3, 0.4) is 0 Å². The summed E-state index contributed by atoms with van der Waals surface area (Å²) in [4.78, 5) is 18.1. The fourth-order valence-corrected chi connectivity index (χ4v) is 3.27. The number of guanidine groups is 1. The predicted molar refractivity (Wildman–Crippen MR) is 129 cm³/mol. The van der Waals surface area contributed by atoms with Crippen molar-refractivity contribution in [1.82, 2.24) is 15.5 Å². The summed E-state index contributed by atoms with van der Waals surface area (Å²) in [5.74, 6) is 0.964. The molecule has 1 heterocycles. The van der Waals surface area contributed by atoms with Crippen LogP contribution in [-0.2, 0) is 11.3 Å². The molecule has 2 rings (SSSR count). The van der Waals surface area contributed by atoms with E-state index in [4.69, 9.17) is 10.5 Å². The predicted octanol–water partition coefficient (Wildman–Crippen LogP) is 2.49. The minimum atomic E-state index is -0.484. The highest BCUT2D eigenvalue weighted by Gasteiger charge is 2.08. The van der Waals surface area contributed by atoms with Gasteiger partial charge < -0.3 is 26.0 Å². The van der Waals surface area contributed by atoms with Crippen LogP contribution in [0.5, 0.6) is 5.75 Å². The number of carbonyl (C=O) groups excluding carboxylic acids is 1. The molecule has 0 atom stereocenters. The zero-order valence-electron chi connectivity index (χ0n) is 17.5. The van der Waals surface area contributed by atoms with Gasteiger partial charge in [-0.1, -0.05) is 25.0 Å². The topological polar surface area (TPSA) is 92.0 Å². The molecule has 0 aliphatic carbocycles. The molecule has 1 aromatic rings. The summed E-state index contributed by atoms with van der Waals surface area (Å²) in [5.41, 5.74) is 6.14. The molecule has 7 nitrogen and oxygen atoms in total. The van der Waals surface area contributed by atoms with Gasteiger partial charge >= 0.3 is 0 Å². The Morgan fingerprint density at radius 1 is 1.21 bits per heavy atom. The number of nitrogens with one attached hydrogen (secondary N) is 2. The molecule has 1 aromatic carbocycles. The summed E-state index contributed by atoms with van der Waals surface area (Å²) in [7, 11) is 0. The lowest BCUT2D eigenvalue weighted by Crippen LogP contribution is -2.39. The zero-order valence-corrected chi connectivity index (χ0v) is 19.8. The minimum Gasteiger partial charge on any atom is -0.484 e. The van der Waals surface area contributed by atoms with Crippen molar-refractivity contribution < 1.29 is 9.53 Å². The van der Waals surface area contributed by atoms with Gasteiger partial charge in [-0.2, -0.15) is 0 Å². The van der Waals surface area contributed by atoms with Crippen LogP contribution in [0.2, 0.25) is 0 Å². The van der Waals surface area contributed by atoms with E-state index in [9.17, 15) is 4.79 Å². The maximum absolute atomic E-state index is 10.8. The van der Waals surface area contributed by atoms with Crippen LogP contribution in [0.25, 0.3) is 0 Å². The SMILES string of the molecule is CCNC(=NCc1cccc(OCC(N)=O)c1)NCCCN1CCCCCC1.I. The monoisotopic (exact) mass is 517 g/mol. The van der Waals surface area contributed by atoms with E-state index in [1.54, 1.807) is 0 Å². The van der Waals surface area contributed by atoms with Gasteiger partial charge in [0.2, 0.25) is 0 Å². The number of rotatable bonds is 10. The second-order valence-electron chi connectivity index (χ2n) is 7.13. The quantitative estimate of drug-likeness (QED) is 0.192. The van der Waals surface area contributed by atoms with Crippen LogP contribution >= 0.6 is 24.0 Å². The Labute approximate surface area is 191 Å². The Morgan fingerprint density at radius 3 is 2.66 bits per heavy atom. The number of hydrogen-bond acceptors (Lipinski definition) is 4. The van der Waals surface area contributed by atoms with E-state index in [1.165, 1.54) is 38.8 Å². The van der Waals surface area contributed by atoms with Crippen LogP contribution < -0.4 is 21.1 Å². The molecular weight excluding hydrogens is 481 g/mol. The number of halogens is 1. The summed E-state index contributed by atoms with van der Waals surface area (Å²) in [6.07, 6.45) is 6.53. The van der Waals surface area contributed by atoms with Crippen molar-refractivity contribution in [2.24, 2.45) is 10.7 Å². The van der Waals surface area contributed by atoms with E-state index in [-0.39, 0.29) is 30.6 Å². The number of ether oxygens (including phenoxy) is 1. The van der Waals surface area contributed by atoms with Gasteiger partial charge in [0, 0.05) is 13.1 Å². The molecule has 0 saturated carbocycles. The molecule has 0 aromatic heterocycles. The molecule has 4 N–H and O–H groups in total. The smallest absolute Gasteiger partial charge is 0.255 e. The molecule has 0 spiro atoms. The van der Waals surface area contributed by atoms with Gasteiger partial charge in [0.25, 0.3) is 5.91 Å². The molecule has 29 heavy (non-hydrogen) atoms. The van der Waals surface area contributed by atoms with Gasteiger partial charge in [0.1, 0.15) is 5.75 Å². The van der Waals surface area contributed by atoms with E-state index in [0.29, 0.717) is 12.3 Å². The first-order valence-corrected chi connectivity index (χ1v) is 10.4. The van der Waals surface area contributed by atoms with E-state index in [0.717, 1.165) is 37.6 Å². The lowest BCUT2D eigenvalue weighted by molar-refractivity contribution is -0.119. The zero-order chi connectivity index (χ0) is 20.0. The summed E-state index contributed by atoms with van der Waals surface area (Å²) in [5, 5.41) is 6.71. The molecule has 1 amide bonds. The van der Waals surface area contributed by atoms with Gasteiger partial charge in [-0.15, -0.1) is 24.0 Å². The largest absolute Gasteiger partial charge is 0.484 e. The highest BCUT2D eigenvalue weighted by Crippen LogP contribution is 2.14. The Balaban J connectivity index is 0.00000420.